The van der Waals surface area contributed by atoms with Crippen LogP contribution >= 0.6 is 0 Å². The minimum Gasteiger partial charge on any atom is -0.351 e. The van der Waals surface area contributed by atoms with Crippen LogP contribution < -0.4 is 5.32 Å². The predicted molar refractivity (Wildman–Crippen MR) is 130 cm³/mol. The lowest BCUT2D eigenvalue weighted by atomic mass is 10.1. The van der Waals surface area contributed by atoms with Crippen molar-refractivity contribution in [1.29, 1.82) is 0 Å². The van der Waals surface area contributed by atoms with Crippen LogP contribution in [0.1, 0.15) is 53.7 Å². The van der Waals surface area contributed by atoms with E-state index in [4.69, 9.17) is 0 Å². The third-order valence-corrected chi connectivity index (χ3v) is 6.99. The topological polar surface area (TPSA) is 37.3 Å². The Morgan fingerprint density at radius 2 is 1.61 bits per heavy atom. The number of benzene rings is 2. The summed E-state index contributed by atoms with van der Waals surface area (Å²) in [6.45, 7) is 3.88. The molecule has 0 radical (unpaired) electrons. The van der Waals surface area contributed by atoms with Gasteiger partial charge in [-0.3, -0.25) is 4.79 Å². The molecule has 2 aromatic carbocycles. The zero-order chi connectivity index (χ0) is 22.6. The summed E-state index contributed by atoms with van der Waals surface area (Å²) in [6, 6.07) is 16.9. The van der Waals surface area contributed by atoms with Gasteiger partial charge in [0.15, 0.2) is 0 Å². The van der Waals surface area contributed by atoms with E-state index in [0.717, 1.165) is 49.4 Å². The molecule has 5 rings (SSSR count). The molecule has 1 fully saturated rings. The number of nitrogens with zero attached hydrogens (tertiary/aromatic N) is 2. The normalized spacial score (nSPS) is 16.4. The van der Waals surface area contributed by atoms with E-state index in [1.54, 1.807) is 0 Å². The van der Waals surface area contributed by atoms with Gasteiger partial charge in [0.05, 0.1) is 5.69 Å². The number of hydrogen-bond donors (Lipinski definition) is 1. The van der Waals surface area contributed by atoms with Gasteiger partial charge in [-0.05, 0) is 117 Å². The Bertz CT molecular complexity index is 1100. The highest BCUT2D eigenvalue weighted by Crippen LogP contribution is 2.33. The summed E-state index contributed by atoms with van der Waals surface area (Å²) in [6.07, 6.45) is 8.27. The molecule has 172 valence electrons. The molecule has 33 heavy (non-hydrogen) atoms. The number of nitrogens with one attached hydrogen (secondary N) is 1. The number of amides is 1. The Kier molecular flexibility index (Phi) is 6.58. The maximum atomic E-state index is 13.6. The Labute approximate surface area is 195 Å². The number of carbonyl (C=O) groups is 1. The van der Waals surface area contributed by atoms with Crippen LogP contribution in [0.15, 0.2) is 54.6 Å². The molecule has 4 nitrogen and oxygen atoms in total. The van der Waals surface area contributed by atoms with Crippen LogP contribution in [0.25, 0.3) is 16.9 Å². The SMILES string of the molecule is O=C(NCCN1CCCC1)c1ccc(-n2c(-c3ccc(F)cc3)cc3c2CCCCC3)cc1. The molecular formula is C28H32FN3O. The summed E-state index contributed by atoms with van der Waals surface area (Å²) in [5, 5.41) is 3.06. The van der Waals surface area contributed by atoms with Crippen LogP contribution in [-0.2, 0) is 12.8 Å². The van der Waals surface area contributed by atoms with Gasteiger partial charge >= 0.3 is 0 Å². The molecule has 0 saturated carbocycles. The van der Waals surface area contributed by atoms with Gasteiger partial charge in [-0.2, -0.15) is 0 Å². The lowest BCUT2D eigenvalue weighted by Crippen LogP contribution is -2.33. The maximum Gasteiger partial charge on any atom is 0.251 e. The second-order valence-electron chi connectivity index (χ2n) is 9.26. The van der Waals surface area contributed by atoms with E-state index in [2.05, 4.69) is 20.9 Å². The van der Waals surface area contributed by atoms with Gasteiger partial charge in [-0.15, -0.1) is 0 Å². The van der Waals surface area contributed by atoms with E-state index in [-0.39, 0.29) is 11.7 Å². The summed E-state index contributed by atoms with van der Waals surface area (Å²) in [7, 11) is 0. The third kappa shape index (κ3) is 4.88. The van der Waals surface area contributed by atoms with E-state index in [0.29, 0.717) is 12.1 Å². The Hall–Kier alpha value is -2.92. The molecule has 1 aliphatic carbocycles. The van der Waals surface area contributed by atoms with Crippen molar-refractivity contribution in [2.75, 3.05) is 26.2 Å². The molecule has 0 bridgehead atoms. The van der Waals surface area contributed by atoms with Crippen molar-refractivity contribution >= 4 is 5.91 Å². The number of likely N-dealkylation sites (tertiary alicyclic amines) is 1. The molecule has 2 heterocycles. The number of fused-ring (bicyclic) bond motifs is 1. The zero-order valence-corrected chi connectivity index (χ0v) is 19.2. The maximum absolute atomic E-state index is 13.6. The predicted octanol–water partition coefficient (Wildman–Crippen LogP) is 5.38. The molecule has 0 atom stereocenters. The molecule has 3 aromatic rings. The van der Waals surface area contributed by atoms with Gasteiger partial charge in [0.1, 0.15) is 5.82 Å². The molecule has 1 amide bonds. The average molecular weight is 446 g/mol. The molecule has 0 unspecified atom stereocenters. The number of hydrogen-bond acceptors (Lipinski definition) is 2. The van der Waals surface area contributed by atoms with E-state index >= 15 is 0 Å². The van der Waals surface area contributed by atoms with Crippen molar-refractivity contribution in [2.45, 2.75) is 44.9 Å². The summed E-state index contributed by atoms with van der Waals surface area (Å²) in [4.78, 5) is 15.0. The molecular weight excluding hydrogens is 413 g/mol. The minimum atomic E-state index is -0.224. The van der Waals surface area contributed by atoms with Crippen LogP contribution in [0.2, 0.25) is 0 Å². The van der Waals surface area contributed by atoms with Crippen molar-refractivity contribution < 1.29 is 9.18 Å². The smallest absolute Gasteiger partial charge is 0.251 e. The molecule has 1 aliphatic heterocycles. The first-order valence-corrected chi connectivity index (χ1v) is 12.3. The fraction of sp³-hybridized carbons (Fsp3) is 0.393. The standard InChI is InChI=1S/C28H32FN3O/c29-24-12-8-21(9-13-24)27-20-23-6-2-1-3-7-26(23)32(27)25-14-10-22(11-15-25)28(33)30-16-19-31-17-4-5-18-31/h8-15,20H,1-7,16-19H2,(H,30,33). The van der Waals surface area contributed by atoms with Crippen LogP contribution in [0.5, 0.6) is 0 Å². The average Bonchev–Trinajstić information content (AvgIpc) is 3.42. The fourth-order valence-corrected chi connectivity index (χ4v) is 5.20. The summed E-state index contributed by atoms with van der Waals surface area (Å²) < 4.78 is 15.9. The van der Waals surface area contributed by atoms with Gasteiger partial charge in [-0.25, -0.2) is 4.39 Å². The first-order valence-electron chi connectivity index (χ1n) is 12.3. The van der Waals surface area contributed by atoms with Crippen LogP contribution in [0.3, 0.4) is 0 Å². The second kappa shape index (κ2) is 9.92. The Balaban J connectivity index is 1.39. The zero-order valence-electron chi connectivity index (χ0n) is 19.2. The largest absolute Gasteiger partial charge is 0.351 e. The lowest BCUT2D eigenvalue weighted by Gasteiger charge is -2.16. The van der Waals surface area contributed by atoms with Crippen LogP contribution in [-0.4, -0.2) is 41.6 Å². The number of aryl methyl sites for hydroxylation is 1. The number of aromatic nitrogens is 1. The van der Waals surface area contributed by atoms with Gasteiger partial charge in [0, 0.05) is 30.0 Å². The van der Waals surface area contributed by atoms with Gasteiger partial charge < -0.3 is 14.8 Å². The fourth-order valence-electron chi connectivity index (χ4n) is 5.20. The number of carbonyl (C=O) groups excluding carboxylic acids is 1. The van der Waals surface area contributed by atoms with E-state index < -0.39 is 0 Å². The first kappa shape index (κ1) is 21.9. The van der Waals surface area contributed by atoms with Crippen LogP contribution in [0.4, 0.5) is 4.39 Å². The highest BCUT2D eigenvalue weighted by molar-refractivity contribution is 5.94. The van der Waals surface area contributed by atoms with Crippen molar-refractivity contribution in [3.8, 4) is 16.9 Å². The van der Waals surface area contributed by atoms with E-state index in [9.17, 15) is 9.18 Å². The quantitative estimate of drug-likeness (QED) is 0.518. The highest BCUT2D eigenvalue weighted by atomic mass is 19.1. The number of rotatable bonds is 6. The molecule has 2 aliphatic rings. The van der Waals surface area contributed by atoms with Gasteiger partial charge in [0.25, 0.3) is 5.91 Å². The summed E-state index contributed by atoms with van der Waals surface area (Å²) >= 11 is 0. The van der Waals surface area contributed by atoms with Crippen molar-refractivity contribution in [3.05, 3.63) is 77.2 Å². The summed E-state index contributed by atoms with van der Waals surface area (Å²) in [5.74, 6) is -0.246. The first-order chi connectivity index (χ1) is 16.2. The van der Waals surface area contributed by atoms with Gasteiger partial charge in [0.2, 0.25) is 0 Å². The van der Waals surface area contributed by atoms with E-state index in [1.165, 1.54) is 55.5 Å². The third-order valence-electron chi connectivity index (χ3n) is 6.99. The van der Waals surface area contributed by atoms with Gasteiger partial charge in [-0.1, -0.05) is 6.42 Å². The second-order valence-corrected chi connectivity index (χ2v) is 9.26. The van der Waals surface area contributed by atoms with Crippen molar-refractivity contribution in [1.82, 2.24) is 14.8 Å². The number of halogens is 1. The van der Waals surface area contributed by atoms with E-state index in [1.807, 2.05) is 36.4 Å². The highest BCUT2D eigenvalue weighted by Gasteiger charge is 2.20. The van der Waals surface area contributed by atoms with Crippen molar-refractivity contribution in [3.63, 3.8) is 0 Å². The van der Waals surface area contributed by atoms with Crippen molar-refractivity contribution in [2.24, 2.45) is 0 Å². The molecule has 0 spiro atoms. The van der Waals surface area contributed by atoms with Crippen LogP contribution in [0, 0.1) is 5.82 Å². The monoisotopic (exact) mass is 445 g/mol. The lowest BCUT2D eigenvalue weighted by molar-refractivity contribution is 0.0950. The summed E-state index contributed by atoms with van der Waals surface area (Å²) in [5.41, 5.74) is 6.55. The minimum absolute atomic E-state index is 0.0224. The molecule has 1 aromatic heterocycles. The molecule has 1 saturated heterocycles. The Morgan fingerprint density at radius 3 is 2.36 bits per heavy atom. The molecule has 1 N–H and O–H groups in total. The molecule has 5 heteroatoms. The Morgan fingerprint density at radius 1 is 0.879 bits per heavy atom.